The van der Waals surface area contributed by atoms with Crippen LogP contribution in [0.15, 0.2) is 0 Å². The van der Waals surface area contributed by atoms with Crippen molar-refractivity contribution in [2.45, 2.75) is 75.8 Å². The molecule has 1 atom stereocenters. The monoisotopic (exact) mass is 236 g/mol. The third-order valence-electron chi connectivity index (χ3n) is 4.17. The van der Waals surface area contributed by atoms with E-state index in [4.69, 9.17) is 17.3 Å². The lowest BCUT2D eigenvalue weighted by atomic mass is 9.64. The molecule has 2 fully saturated rings. The third-order valence-corrected chi connectivity index (χ3v) is 4.17. The fourth-order valence-corrected chi connectivity index (χ4v) is 3.06. The number of hydrogen-bond acceptors (Lipinski definition) is 2. The Balaban J connectivity index is 1.89. The van der Waals surface area contributed by atoms with Gasteiger partial charge < -0.3 is 9.47 Å². The van der Waals surface area contributed by atoms with Gasteiger partial charge in [-0.2, -0.15) is 0 Å². The van der Waals surface area contributed by atoms with Gasteiger partial charge in [-0.3, -0.25) is 0 Å². The predicted molar refractivity (Wildman–Crippen MR) is 70.3 cm³/mol. The minimum atomic E-state index is -0.241. The fourth-order valence-electron chi connectivity index (χ4n) is 3.06. The van der Waals surface area contributed by atoms with Crippen LogP contribution in [0.25, 0.3) is 0 Å². The van der Waals surface area contributed by atoms with Gasteiger partial charge in [-0.25, -0.2) is 0 Å². The highest BCUT2D eigenvalue weighted by molar-refractivity contribution is 6.14. The highest BCUT2D eigenvalue weighted by atomic mass is 16.7. The SMILES string of the molecule is [B]C1(C)CCCCCC2(CCCC1)OCCO2. The molecule has 1 saturated carbocycles. The topological polar surface area (TPSA) is 18.5 Å². The van der Waals surface area contributed by atoms with Crippen LogP contribution in [0.3, 0.4) is 0 Å². The van der Waals surface area contributed by atoms with E-state index in [0.717, 1.165) is 38.9 Å². The minimum absolute atomic E-state index is 0.0366. The van der Waals surface area contributed by atoms with E-state index in [0.29, 0.717) is 0 Å². The van der Waals surface area contributed by atoms with E-state index in [2.05, 4.69) is 6.92 Å². The quantitative estimate of drug-likeness (QED) is 0.598. The van der Waals surface area contributed by atoms with Gasteiger partial charge in [-0.1, -0.05) is 44.3 Å². The van der Waals surface area contributed by atoms with Crippen molar-refractivity contribution in [2.24, 2.45) is 0 Å². The lowest BCUT2D eigenvalue weighted by molar-refractivity contribution is -0.168. The van der Waals surface area contributed by atoms with Gasteiger partial charge in [-0.15, -0.1) is 0 Å². The first-order valence-corrected chi connectivity index (χ1v) is 7.19. The van der Waals surface area contributed by atoms with Crippen LogP contribution >= 0.6 is 0 Å². The van der Waals surface area contributed by atoms with E-state index < -0.39 is 0 Å². The van der Waals surface area contributed by atoms with Gasteiger partial charge in [0.2, 0.25) is 0 Å². The summed E-state index contributed by atoms with van der Waals surface area (Å²) in [5.41, 5.74) is 0. The summed E-state index contributed by atoms with van der Waals surface area (Å²) in [6.45, 7) is 3.74. The van der Waals surface area contributed by atoms with E-state index in [1.54, 1.807) is 0 Å². The average molecular weight is 236 g/mol. The molecule has 1 aliphatic carbocycles. The van der Waals surface area contributed by atoms with Crippen LogP contribution in [0.1, 0.15) is 64.7 Å². The van der Waals surface area contributed by atoms with Crippen LogP contribution in [-0.4, -0.2) is 26.8 Å². The highest BCUT2D eigenvalue weighted by Gasteiger charge is 2.35. The van der Waals surface area contributed by atoms with Gasteiger partial charge in [-0.05, 0) is 12.8 Å². The summed E-state index contributed by atoms with van der Waals surface area (Å²) in [6, 6.07) is 0. The first-order valence-electron chi connectivity index (χ1n) is 7.19. The smallest absolute Gasteiger partial charge is 0.168 e. The zero-order valence-electron chi connectivity index (χ0n) is 11.2. The third kappa shape index (κ3) is 3.99. The Hall–Kier alpha value is -0.0151. The van der Waals surface area contributed by atoms with Crippen molar-refractivity contribution in [2.75, 3.05) is 13.2 Å². The molecule has 0 bridgehead atoms. The van der Waals surface area contributed by atoms with Gasteiger partial charge in [0.15, 0.2) is 5.79 Å². The van der Waals surface area contributed by atoms with E-state index in [1.165, 1.54) is 32.1 Å². The molecule has 17 heavy (non-hydrogen) atoms. The van der Waals surface area contributed by atoms with Crippen molar-refractivity contribution in [3.05, 3.63) is 0 Å². The molecule has 1 saturated heterocycles. The normalized spacial score (nSPS) is 35.6. The van der Waals surface area contributed by atoms with Gasteiger partial charge in [0.25, 0.3) is 0 Å². The second kappa shape index (κ2) is 5.75. The Bertz CT molecular complexity index is 234. The van der Waals surface area contributed by atoms with Crippen LogP contribution in [0.4, 0.5) is 0 Å². The van der Waals surface area contributed by atoms with Crippen molar-refractivity contribution in [3.63, 3.8) is 0 Å². The van der Waals surface area contributed by atoms with Crippen LogP contribution in [-0.2, 0) is 9.47 Å². The van der Waals surface area contributed by atoms with E-state index >= 15 is 0 Å². The maximum absolute atomic E-state index is 6.30. The van der Waals surface area contributed by atoms with Crippen molar-refractivity contribution < 1.29 is 9.47 Å². The molecule has 0 amide bonds. The standard InChI is InChI=1S/C14H25BO2/c1-13(15)7-3-2-4-9-14(10-6-5-8-13)16-11-12-17-14/h2-12H2,1H3. The summed E-state index contributed by atoms with van der Waals surface area (Å²) < 4.78 is 11.7. The van der Waals surface area contributed by atoms with E-state index in [1.807, 2.05) is 0 Å². The molecule has 0 aromatic rings. The summed E-state index contributed by atoms with van der Waals surface area (Å²) in [4.78, 5) is 0. The minimum Gasteiger partial charge on any atom is -0.348 e. The zero-order chi connectivity index (χ0) is 12.2. The van der Waals surface area contributed by atoms with Crippen molar-refractivity contribution in [3.8, 4) is 0 Å². The molecule has 2 aliphatic rings. The van der Waals surface area contributed by atoms with Crippen LogP contribution < -0.4 is 0 Å². The van der Waals surface area contributed by atoms with Crippen molar-refractivity contribution in [1.29, 1.82) is 0 Å². The Morgan fingerprint density at radius 3 is 1.88 bits per heavy atom. The molecular formula is C14H25BO2. The Morgan fingerprint density at radius 2 is 1.24 bits per heavy atom. The first kappa shape index (κ1) is 13.4. The lowest BCUT2D eigenvalue weighted by Gasteiger charge is -2.27. The molecule has 1 spiro atoms. The molecule has 96 valence electrons. The van der Waals surface area contributed by atoms with Crippen molar-refractivity contribution in [1.82, 2.24) is 0 Å². The summed E-state index contributed by atoms with van der Waals surface area (Å²) in [5.74, 6) is -0.241. The molecule has 0 N–H and O–H groups in total. The number of rotatable bonds is 0. The van der Waals surface area contributed by atoms with Gasteiger partial charge in [0.05, 0.1) is 21.1 Å². The number of hydrogen-bond donors (Lipinski definition) is 0. The van der Waals surface area contributed by atoms with Gasteiger partial charge in [0.1, 0.15) is 0 Å². The van der Waals surface area contributed by atoms with Crippen LogP contribution in [0, 0.1) is 0 Å². The molecule has 1 heterocycles. The van der Waals surface area contributed by atoms with Crippen LogP contribution in [0.5, 0.6) is 0 Å². The lowest BCUT2D eigenvalue weighted by Crippen LogP contribution is -2.29. The summed E-state index contributed by atoms with van der Waals surface area (Å²) in [7, 11) is 6.30. The van der Waals surface area contributed by atoms with E-state index in [9.17, 15) is 0 Å². The Morgan fingerprint density at radius 1 is 0.765 bits per heavy atom. The van der Waals surface area contributed by atoms with Crippen LogP contribution in [0.2, 0.25) is 5.31 Å². The summed E-state index contributed by atoms with van der Waals surface area (Å²) >= 11 is 0. The Labute approximate surface area is 107 Å². The molecule has 0 aromatic carbocycles. The first-order chi connectivity index (χ1) is 8.12. The molecular weight excluding hydrogens is 211 g/mol. The predicted octanol–water partition coefficient (Wildman–Crippen LogP) is 3.60. The van der Waals surface area contributed by atoms with Gasteiger partial charge in [0, 0.05) is 12.8 Å². The molecule has 2 rings (SSSR count). The molecule has 1 unspecified atom stereocenters. The average Bonchev–Trinajstić information content (AvgIpc) is 2.71. The zero-order valence-corrected chi connectivity index (χ0v) is 11.2. The molecule has 0 aromatic heterocycles. The fraction of sp³-hybridized carbons (Fsp3) is 1.00. The maximum Gasteiger partial charge on any atom is 0.168 e. The van der Waals surface area contributed by atoms with Gasteiger partial charge >= 0.3 is 0 Å². The maximum atomic E-state index is 6.30. The molecule has 2 nitrogen and oxygen atoms in total. The second-order valence-corrected chi connectivity index (χ2v) is 6.03. The van der Waals surface area contributed by atoms with Crippen molar-refractivity contribution >= 4 is 7.85 Å². The summed E-state index contributed by atoms with van der Waals surface area (Å²) in [6.07, 6.45) is 10.5. The summed E-state index contributed by atoms with van der Waals surface area (Å²) in [5, 5.41) is 0.0366. The second-order valence-electron chi connectivity index (χ2n) is 6.03. The Kier molecular flexibility index (Phi) is 4.54. The van der Waals surface area contributed by atoms with E-state index in [-0.39, 0.29) is 11.1 Å². The molecule has 1 aliphatic heterocycles. The number of ether oxygens (including phenoxy) is 2. The highest BCUT2D eigenvalue weighted by Crippen LogP contribution is 2.38. The molecule has 2 radical (unpaired) electrons. The molecule has 3 heteroatoms. The largest absolute Gasteiger partial charge is 0.348 e.